The number of alkyl halides is 6. The van der Waals surface area contributed by atoms with Crippen LogP contribution in [0, 0.1) is 12.8 Å². The zero-order valence-electron chi connectivity index (χ0n) is 32.7. The van der Waals surface area contributed by atoms with Gasteiger partial charge < -0.3 is 40.1 Å². The monoisotopic (exact) mass is 856 g/mol. The molecular formula is C40H47ClF6N6O6. The average molecular weight is 857 g/mol. The van der Waals surface area contributed by atoms with Gasteiger partial charge in [-0.15, -0.1) is 0 Å². The quantitative estimate of drug-likeness (QED) is 0.111. The molecule has 4 N–H and O–H groups in total. The largest absolute Gasteiger partial charge is 0.490 e. The van der Waals surface area contributed by atoms with Gasteiger partial charge in [0.1, 0.15) is 6.04 Å². The van der Waals surface area contributed by atoms with Crippen LogP contribution in [0.1, 0.15) is 29.5 Å². The Morgan fingerprint density at radius 3 is 2.14 bits per heavy atom. The minimum atomic E-state index is -5.08. The van der Waals surface area contributed by atoms with E-state index < -0.39 is 24.9 Å². The minimum absolute atomic E-state index is 0.105. The van der Waals surface area contributed by atoms with Crippen LogP contribution in [0.15, 0.2) is 72.9 Å². The van der Waals surface area contributed by atoms with Crippen molar-refractivity contribution in [1.29, 1.82) is 0 Å². The second-order valence-electron chi connectivity index (χ2n) is 14.0. The highest BCUT2D eigenvalue weighted by atomic mass is 35.5. The summed E-state index contributed by atoms with van der Waals surface area (Å²) < 4.78 is 60.7. The number of hydrogen-bond acceptors (Lipinski definition) is 6. The molecule has 3 amide bonds. The van der Waals surface area contributed by atoms with Crippen molar-refractivity contribution < 1.29 is 55.7 Å². The van der Waals surface area contributed by atoms with Gasteiger partial charge in [0, 0.05) is 78.7 Å². The Labute approximate surface area is 342 Å². The molecule has 0 radical (unpaired) electrons. The number of benzene rings is 3. The Bertz CT molecular complexity index is 2010. The van der Waals surface area contributed by atoms with Crippen LogP contribution in [0.3, 0.4) is 0 Å². The highest BCUT2D eigenvalue weighted by molar-refractivity contribution is 6.30. The van der Waals surface area contributed by atoms with Crippen molar-refractivity contribution in [2.75, 3.05) is 63.2 Å². The molecule has 59 heavy (non-hydrogen) atoms. The van der Waals surface area contributed by atoms with E-state index >= 15 is 0 Å². The number of rotatable bonds is 7. The maximum atomic E-state index is 14.8. The number of carboxylic acid groups (broad SMARTS) is 2. The summed E-state index contributed by atoms with van der Waals surface area (Å²) in [6, 6.07) is 21.2. The number of aromatic amines is 1. The summed E-state index contributed by atoms with van der Waals surface area (Å²) in [4.78, 5) is 57.5. The molecule has 1 fully saturated rings. The van der Waals surface area contributed by atoms with Crippen LogP contribution in [0.4, 0.5) is 42.5 Å². The van der Waals surface area contributed by atoms with Crippen molar-refractivity contribution in [3.8, 4) is 0 Å². The number of amides is 3. The number of nitrogens with one attached hydrogen (secondary N) is 2. The van der Waals surface area contributed by atoms with Gasteiger partial charge in [-0.1, -0.05) is 54.9 Å². The van der Waals surface area contributed by atoms with Crippen LogP contribution in [0.2, 0.25) is 5.02 Å². The number of aliphatic carboxylic acids is 1. The molecule has 6 rings (SSSR count). The van der Waals surface area contributed by atoms with Gasteiger partial charge in [-0.2, -0.15) is 26.3 Å². The third kappa shape index (κ3) is 13.8. The molecule has 322 valence electrons. The molecule has 2 aliphatic heterocycles. The molecule has 3 aromatic carbocycles. The molecule has 0 spiro atoms. The van der Waals surface area contributed by atoms with Crippen LogP contribution in [0.5, 0.6) is 0 Å². The van der Waals surface area contributed by atoms with Crippen molar-refractivity contribution in [3.63, 3.8) is 0 Å². The SMILES string of the molecule is Cc1ccccc1N1CCN(C(=O)NC(C(=O)N2C[C@@H](CN(C)C)Cc3cc(Cl)ccc32)C(C)c2c[nH]c3ccccc23)CC1.FC(F)F.O=C(O)C(F)(F)F.O=CO. The molecule has 19 heteroatoms. The van der Waals surface area contributed by atoms with Gasteiger partial charge in [0.05, 0.1) is 0 Å². The van der Waals surface area contributed by atoms with Crippen LogP contribution in [0.25, 0.3) is 10.9 Å². The normalized spacial score (nSPS) is 16.0. The summed E-state index contributed by atoms with van der Waals surface area (Å²) in [5.74, 6) is -2.90. The van der Waals surface area contributed by atoms with Gasteiger partial charge in [0.25, 0.3) is 6.47 Å². The molecule has 0 bridgehead atoms. The Balaban J connectivity index is 0.000000576. The second kappa shape index (κ2) is 22.0. The van der Waals surface area contributed by atoms with Crippen molar-refractivity contribution >= 4 is 58.3 Å². The van der Waals surface area contributed by atoms with Crippen LogP contribution < -0.4 is 15.1 Å². The Morgan fingerprint density at radius 1 is 0.983 bits per heavy atom. The number of para-hydroxylation sites is 2. The van der Waals surface area contributed by atoms with Crippen LogP contribution >= 0.6 is 11.6 Å². The molecule has 1 saturated heterocycles. The van der Waals surface area contributed by atoms with E-state index in [1.807, 2.05) is 65.4 Å². The van der Waals surface area contributed by atoms with Gasteiger partial charge >= 0.3 is 24.9 Å². The molecule has 2 unspecified atom stereocenters. The predicted molar refractivity (Wildman–Crippen MR) is 213 cm³/mol. The lowest BCUT2D eigenvalue weighted by Crippen LogP contribution is -2.58. The molecule has 0 aliphatic carbocycles. The van der Waals surface area contributed by atoms with E-state index in [2.05, 4.69) is 65.4 Å². The van der Waals surface area contributed by atoms with E-state index in [9.17, 15) is 35.9 Å². The molecule has 2 aliphatic rings. The number of carboxylic acids is 1. The number of nitrogens with zero attached hydrogens (tertiary/aromatic N) is 4. The zero-order valence-corrected chi connectivity index (χ0v) is 33.5. The van der Waals surface area contributed by atoms with Crippen LogP contribution in [-0.2, 0) is 20.8 Å². The maximum absolute atomic E-state index is 14.8. The highest BCUT2D eigenvalue weighted by Crippen LogP contribution is 2.35. The summed E-state index contributed by atoms with van der Waals surface area (Å²) in [5.41, 5.74) is 6.38. The van der Waals surface area contributed by atoms with Crippen molar-refractivity contribution in [3.05, 3.63) is 94.6 Å². The molecule has 12 nitrogen and oxygen atoms in total. The number of carbonyl (C=O) groups excluding carboxylic acids is 2. The Kier molecular flexibility index (Phi) is 17.9. The van der Waals surface area contributed by atoms with Crippen molar-refractivity contribution in [2.24, 2.45) is 5.92 Å². The number of aromatic nitrogens is 1. The van der Waals surface area contributed by atoms with Crippen molar-refractivity contribution in [2.45, 2.75) is 45.1 Å². The molecular weight excluding hydrogens is 810 g/mol. The first-order chi connectivity index (χ1) is 27.8. The third-order valence-electron chi connectivity index (χ3n) is 9.59. The molecule has 0 saturated carbocycles. The Morgan fingerprint density at radius 2 is 1.56 bits per heavy atom. The van der Waals surface area contributed by atoms with E-state index in [-0.39, 0.29) is 30.2 Å². The molecule has 1 aromatic heterocycles. The van der Waals surface area contributed by atoms with Crippen molar-refractivity contribution in [1.82, 2.24) is 20.1 Å². The lowest BCUT2D eigenvalue weighted by atomic mass is 9.88. The smallest absolute Gasteiger partial charge is 0.483 e. The topological polar surface area (TPSA) is 150 Å². The van der Waals surface area contributed by atoms with Gasteiger partial charge in [0.15, 0.2) is 0 Å². The number of carbonyl (C=O) groups is 4. The lowest BCUT2D eigenvalue weighted by Gasteiger charge is -2.40. The van der Waals surface area contributed by atoms with Gasteiger partial charge in [0.2, 0.25) is 5.91 Å². The summed E-state index contributed by atoms with van der Waals surface area (Å²) in [7, 11) is 4.11. The molecule has 4 aromatic rings. The summed E-state index contributed by atoms with van der Waals surface area (Å²) in [6.45, 7) is 4.30. The summed E-state index contributed by atoms with van der Waals surface area (Å²) >= 11 is 6.42. The van der Waals surface area contributed by atoms with E-state index in [1.165, 1.54) is 11.3 Å². The fraction of sp³-hybridized carbons (Fsp3) is 0.400. The first-order valence-electron chi connectivity index (χ1n) is 18.3. The lowest BCUT2D eigenvalue weighted by molar-refractivity contribution is -0.192. The van der Waals surface area contributed by atoms with Crippen LogP contribution in [-0.4, -0.2) is 122 Å². The number of fused-ring (bicyclic) bond motifs is 2. The highest BCUT2D eigenvalue weighted by Gasteiger charge is 2.39. The number of hydrogen-bond donors (Lipinski definition) is 4. The first-order valence-corrected chi connectivity index (χ1v) is 18.6. The fourth-order valence-corrected chi connectivity index (χ4v) is 7.27. The number of aryl methyl sites for hydroxylation is 1. The minimum Gasteiger partial charge on any atom is -0.483 e. The second-order valence-corrected chi connectivity index (χ2v) is 14.4. The standard InChI is InChI=1S/C36H43ClN6O2.C2HF3O2.CHF3.CH2O2/c1-24-9-5-8-12-32(24)41-15-17-42(18-16-41)36(45)39-34(25(2)30-21-38-31-11-7-6-10-29(30)31)35(44)43-23-26(22-40(3)4)19-27-20-28(37)13-14-33(27)43;3-2(4,5)1(6)7;2-1(3)4;2-1-3/h5-14,20-21,25-26,34,38H,15-19,22-23H2,1-4H3,(H,39,45);(H,6,7);1H;1H,(H,2,3)/t25?,26-,34?;;;/m1.../s1. The molecule has 3 atom stereocenters. The predicted octanol–water partition coefficient (Wildman–Crippen LogP) is 7.41. The number of halogens is 7. The maximum Gasteiger partial charge on any atom is 0.490 e. The number of H-pyrrole nitrogens is 1. The zero-order chi connectivity index (χ0) is 44.0. The van der Waals surface area contributed by atoms with E-state index in [0.29, 0.717) is 24.7 Å². The van der Waals surface area contributed by atoms with Gasteiger partial charge in [-0.25, -0.2) is 9.59 Å². The average Bonchev–Trinajstić information content (AvgIpc) is 3.60. The first kappa shape index (κ1) is 47.9. The summed E-state index contributed by atoms with van der Waals surface area (Å²) in [5, 5.41) is 19.0. The Hall–Kier alpha value is -5.49. The fourth-order valence-electron chi connectivity index (χ4n) is 7.07. The number of piperazine rings is 1. The van der Waals surface area contributed by atoms with Gasteiger partial charge in [-0.05, 0) is 80.4 Å². The van der Waals surface area contributed by atoms with E-state index in [1.54, 1.807) is 0 Å². The number of urea groups is 1. The van der Waals surface area contributed by atoms with E-state index in [0.717, 1.165) is 53.8 Å². The van der Waals surface area contributed by atoms with Gasteiger partial charge in [-0.3, -0.25) is 9.59 Å². The van der Waals surface area contributed by atoms with E-state index in [4.69, 9.17) is 31.4 Å². The third-order valence-corrected chi connectivity index (χ3v) is 9.83. The molecule has 3 heterocycles. The summed E-state index contributed by atoms with van der Waals surface area (Å²) in [6.07, 6.45) is -2.26. The number of anilines is 2.